The van der Waals surface area contributed by atoms with E-state index in [1.807, 2.05) is 0 Å². The lowest BCUT2D eigenvalue weighted by atomic mass is 10.0. The number of benzene rings is 1. The minimum Gasteiger partial charge on any atom is -0.466 e. The van der Waals surface area contributed by atoms with Gasteiger partial charge < -0.3 is 4.74 Å². The molecule has 0 aliphatic heterocycles. The fourth-order valence-corrected chi connectivity index (χ4v) is 2.99. The lowest BCUT2D eigenvalue weighted by Gasteiger charge is -2.09. The number of ether oxygens (including phenoxy) is 1. The molecule has 1 saturated carbocycles. The Balaban J connectivity index is 1.91. The molecule has 0 bridgehead atoms. The molecule has 90 valence electrons. The summed E-state index contributed by atoms with van der Waals surface area (Å²) < 4.78 is 32.0. The summed E-state index contributed by atoms with van der Waals surface area (Å²) in [5.41, 5.74) is 0.841. The molecular formula is C13H12F2O2. The second kappa shape index (κ2) is 3.52. The molecule has 3 atom stereocenters. The summed E-state index contributed by atoms with van der Waals surface area (Å²) in [6.07, 6.45) is 0.451. The molecular weight excluding hydrogens is 226 g/mol. The third-order valence-corrected chi connectivity index (χ3v) is 3.75. The summed E-state index contributed by atoms with van der Waals surface area (Å²) in [7, 11) is 0. The minimum absolute atomic E-state index is 0.0375. The molecule has 0 heterocycles. The van der Waals surface area contributed by atoms with Crippen molar-refractivity contribution in [2.75, 3.05) is 6.61 Å². The third-order valence-electron chi connectivity index (χ3n) is 3.75. The maximum atomic E-state index is 13.7. The number of rotatable bonds is 2. The smallest absolute Gasteiger partial charge is 0.309 e. The first-order valence-electron chi connectivity index (χ1n) is 5.78. The van der Waals surface area contributed by atoms with Crippen LogP contribution in [-0.2, 0) is 16.0 Å². The van der Waals surface area contributed by atoms with Gasteiger partial charge in [-0.15, -0.1) is 0 Å². The fraction of sp³-hybridized carbons (Fsp3) is 0.462. The summed E-state index contributed by atoms with van der Waals surface area (Å²) in [4.78, 5) is 11.6. The number of hydrogen-bond acceptors (Lipinski definition) is 2. The van der Waals surface area contributed by atoms with E-state index in [2.05, 4.69) is 0 Å². The number of fused-ring (bicyclic) bond motifs is 3. The van der Waals surface area contributed by atoms with Gasteiger partial charge in [0.15, 0.2) is 0 Å². The van der Waals surface area contributed by atoms with E-state index >= 15 is 0 Å². The van der Waals surface area contributed by atoms with Gasteiger partial charge in [-0.2, -0.15) is 0 Å². The van der Waals surface area contributed by atoms with Crippen LogP contribution in [0.25, 0.3) is 0 Å². The zero-order chi connectivity index (χ0) is 12.2. The van der Waals surface area contributed by atoms with Crippen LogP contribution in [0.5, 0.6) is 0 Å². The zero-order valence-electron chi connectivity index (χ0n) is 9.37. The quantitative estimate of drug-likeness (QED) is 0.739. The second-order valence-electron chi connectivity index (χ2n) is 4.59. The first-order chi connectivity index (χ1) is 8.15. The summed E-state index contributed by atoms with van der Waals surface area (Å²) in [5, 5.41) is 0. The molecule has 2 aliphatic rings. The highest BCUT2D eigenvalue weighted by molar-refractivity contribution is 5.79. The number of halogens is 2. The van der Waals surface area contributed by atoms with Crippen molar-refractivity contribution in [2.24, 2.45) is 11.8 Å². The van der Waals surface area contributed by atoms with Gasteiger partial charge in [-0.25, -0.2) is 8.78 Å². The van der Waals surface area contributed by atoms with Crippen molar-refractivity contribution in [2.45, 2.75) is 19.3 Å². The molecule has 0 aromatic heterocycles. The van der Waals surface area contributed by atoms with Crippen molar-refractivity contribution >= 4 is 5.97 Å². The highest BCUT2D eigenvalue weighted by Gasteiger charge is 2.61. The fourth-order valence-electron chi connectivity index (χ4n) is 2.99. The Labute approximate surface area is 97.6 Å². The number of esters is 1. The van der Waals surface area contributed by atoms with Gasteiger partial charge in [0.2, 0.25) is 0 Å². The summed E-state index contributed by atoms with van der Waals surface area (Å²) in [6, 6.07) is 2.29. The van der Waals surface area contributed by atoms with Gasteiger partial charge >= 0.3 is 5.97 Å². The van der Waals surface area contributed by atoms with Gasteiger partial charge in [0.05, 0.1) is 12.5 Å². The molecule has 0 saturated heterocycles. The molecule has 1 aromatic carbocycles. The molecule has 0 N–H and O–H groups in total. The van der Waals surface area contributed by atoms with Crippen molar-refractivity contribution in [1.29, 1.82) is 0 Å². The van der Waals surface area contributed by atoms with Crippen LogP contribution in [0.2, 0.25) is 0 Å². The van der Waals surface area contributed by atoms with Crippen molar-refractivity contribution in [3.8, 4) is 0 Å². The first-order valence-corrected chi connectivity index (χ1v) is 5.78. The van der Waals surface area contributed by atoms with Crippen LogP contribution in [0.1, 0.15) is 24.0 Å². The van der Waals surface area contributed by atoms with Crippen molar-refractivity contribution in [3.05, 3.63) is 34.9 Å². The number of carbonyl (C=O) groups excluding carboxylic acids is 1. The van der Waals surface area contributed by atoms with E-state index in [1.54, 1.807) is 6.92 Å². The maximum Gasteiger partial charge on any atom is 0.309 e. The lowest BCUT2D eigenvalue weighted by molar-refractivity contribution is -0.145. The van der Waals surface area contributed by atoms with E-state index < -0.39 is 5.82 Å². The Morgan fingerprint density at radius 2 is 2.12 bits per heavy atom. The van der Waals surface area contributed by atoms with Gasteiger partial charge in [-0.1, -0.05) is 0 Å². The zero-order valence-corrected chi connectivity index (χ0v) is 9.37. The molecule has 2 nitrogen and oxygen atoms in total. The van der Waals surface area contributed by atoms with Crippen molar-refractivity contribution in [1.82, 2.24) is 0 Å². The van der Waals surface area contributed by atoms with Gasteiger partial charge in [0.1, 0.15) is 11.6 Å². The van der Waals surface area contributed by atoms with E-state index in [9.17, 15) is 13.6 Å². The predicted octanol–water partition coefficient (Wildman–Crippen LogP) is 2.41. The maximum absolute atomic E-state index is 13.7. The molecule has 17 heavy (non-hydrogen) atoms. The Hall–Kier alpha value is -1.45. The molecule has 0 radical (unpaired) electrons. The number of carbonyl (C=O) groups is 1. The molecule has 3 unspecified atom stereocenters. The van der Waals surface area contributed by atoms with E-state index in [4.69, 9.17) is 4.74 Å². The van der Waals surface area contributed by atoms with E-state index in [0.717, 1.165) is 12.1 Å². The Morgan fingerprint density at radius 3 is 2.82 bits per heavy atom. The Morgan fingerprint density at radius 1 is 1.41 bits per heavy atom. The summed E-state index contributed by atoms with van der Waals surface area (Å²) in [6.45, 7) is 2.07. The summed E-state index contributed by atoms with van der Waals surface area (Å²) in [5.74, 6) is -1.44. The average Bonchev–Trinajstić information content (AvgIpc) is 2.86. The molecule has 2 aliphatic carbocycles. The second-order valence-corrected chi connectivity index (χ2v) is 4.59. The SMILES string of the molecule is CCOC(=O)C1C2Cc3c(F)ccc(F)c3C21. The summed E-state index contributed by atoms with van der Waals surface area (Å²) >= 11 is 0. The molecule has 0 amide bonds. The Kier molecular flexibility index (Phi) is 2.21. The monoisotopic (exact) mass is 238 g/mol. The predicted molar refractivity (Wildman–Crippen MR) is 56.4 cm³/mol. The molecule has 0 spiro atoms. The van der Waals surface area contributed by atoms with Crippen LogP contribution in [-0.4, -0.2) is 12.6 Å². The van der Waals surface area contributed by atoms with Gasteiger partial charge in [0, 0.05) is 5.92 Å². The van der Waals surface area contributed by atoms with E-state index in [-0.39, 0.29) is 29.5 Å². The highest BCUT2D eigenvalue weighted by atomic mass is 19.1. The first kappa shape index (κ1) is 10.7. The molecule has 1 aromatic rings. The topological polar surface area (TPSA) is 26.3 Å². The largest absolute Gasteiger partial charge is 0.466 e. The molecule has 3 rings (SSSR count). The average molecular weight is 238 g/mol. The standard InChI is InChI=1S/C13H12F2O2/c1-2-17-13(16)12-7-5-6-8(14)3-4-9(15)10(6)11(7)12/h3-4,7,11-12H,2,5H2,1H3. The van der Waals surface area contributed by atoms with E-state index in [0.29, 0.717) is 24.2 Å². The van der Waals surface area contributed by atoms with Crippen LogP contribution < -0.4 is 0 Å². The van der Waals surface area contributed by atoms with Crippen LogP contribution in [0.15, 0.2) is 12.1 Å². The minimum atomic E-state index is -0.402. The van der Waals surface area contributed by atoms with Crippen molar-refractivity contribution in [3.63, 3.8) is 0 Å². The lowest BCUT2D eigenvalue weighted by Crippen LogP contribution is -2.12. The number of hydrogen-bond donors (Lipinski definition) is 0. The van der Waals surface area contributed by atoms with Gasteiger partial charge in [0.25, 0.3) is 0 Å². The normalized spacial score (nSPS) is 28.5. The van der Waals surface area contributed by atoms with E-state index in [1.165, 1.54) is 0 Å². The molecule has 1 fully saturated rings. The van der Waals surface area contributed by atoms with Crippen molar-refractivity contribution < 1.29 is 18.3 Å². The van der Waals surface area contributed by atoms with Gasteiger partial charge in [-0.3, -0.25) is 4.79 Å². The van der Waals surface area contributed by atoms with Gasteiger partial charge in [-0.05, 0) is 42.5 Å². The Bertz CT molecular complexity index is 498. The van der Waals surface area contributed by atoms with Crippen LogP contribution in [0.4, 0.5) is 8.78 Å². The highest BCUT2D eigenvalue weighted by Crippen LogP contribution is 2.62. The molecule has 4 heteroatoms. The van der Waals surface area contributed by atoms with Crippen LogP contribution in [0.3, 0.4) is 0 Å². The van der Waals surface area contributed by atoms with Crippen LogP contribution in [0, 0.1) is 23.5 Å². The van der Waals surface area contributed by atoms with Crippen LogP contribution >= 0.6 is 0 Å². The third kappa shape index (κ3) is 1.39.